The maximum atomic E-state index is 12.2. The van der Waals surface area contributed by atoms with Gasteiger partial charge in [0.1, 0.15) is 5.69 Å². The van der Waals surface area contributed by atoms with Gasteiger partial charge in [0, 0.05) is 49.9 Å². The van der Waals surface area contributed by atoms with E-state index in [4.69, 9.17) is 4.52 Å². The molecular formula is C19H25N5O4. The minimum Gasteiger partial charge on any atom is -0.363 e. The highest BCUT2D eigenvalue weighted by Gasteiger charge is 2.25. The van der Waals surface area contributed by atoms with E-state index < -0.39 is 4.92 Å². The van der Waals surface area contributed by atoms with Gasteiger partial charge in [-0.2, -0.15) is 0 Å². The first-order valence-corrected chi connectivity index (χ1v) is 9.32. The molecular weight excluding hydrogens is 362 g/mol. The largest absolute Gasteiger partial charge is 0.363 e. The van der Waals surface area contributed by atoms with Crippen LogP contribution in [-0.4, -0.2) is 53.1 Å². The summed E-state index contributed by atoms with van der Waals surface area (Å²) < 4.78 is 5.26. The average Bonchev–Trinajstić information content (AvgIpc) is 3.06. The number of nitro benzene ring substituents is 1. The number of nitro groups is 1. The van der Waals surface area contributed by atoms with Crippen LogP contribution in [0.1, 0.15) is 35.7 Å². The molecule has 0 atom stereocenters. The Morgan fingerprint density at radius 3 is 2.57 bits per heavy atom. The van der Waals surface area contributed by atoms with Gasteiger partial charge in [0.05, 0.1) is 17.2 Å². The minimum absolute atomic E-state index is 0.0348. The highest BCUT2D eigenvalue weighted by molar-refractivity contribution is 5.96. The quantitative estimate of drug-likeness (QED) is 0.599. The first-order valence-electron chi connectivity index (χ1n) is 9.32. The second-order valence-electron chi connectivity index (χ2n) is 7.29. The summed E-state index contributed by atoms with van der Waals surface area (Å²) in [5.41, 5.74) is 1.64. The zero-order valence-electron chi connectivity index (χ0n) is 16.3. The summed E-state index contributed by atoms with van der Waals surface area (Å²) in [7, 11) is 0. The maximum Gasteiger partial charge on any atom is 0.293 e. The smallest absolute Gasteiger partial charge is 0.293 e. The Kier molecular flexibility index (Phi) is 5.93. The first-order chi connectivity index (χ1) is 13.3. The predicted octanol–water partition coefficient (Wildman–Crippen LogP) is 2.35. The van der Waals surface area contributed by atoms with Crippen molar-refractivity contribution >= 4 is 17.3 Å². The van der Waals surface area contributed by atoms with E-state index in [2.05, 4.69) is 15.4 Å². The Hall–Kier alpha value is -2.94. The fourth-order valence-corrected chi connectivity index (χ4v) is 3.28. The van der Waals surface area contributed by atoms with E-state index in [1.807, 2.05) is 31.7 Å². The van der Waals surface area contributed by atoms with Crippen LogP contribution in [-0.2, 0) is 6.54 Å². The molecule has 0 saturated carbocycles. The van der Waals surface area contributed by atoms with Gasteiger partial charge in [0.15, 0.2) is 5.76 Å². The molecule has 0 bridgehead atoms. The molecule has 9 nitrogen and oxygen atoms in total. The number of nitrogens with one attached hydrogen (secondary N) is 1. The Morgan fingerprint density at radius 1 is 1.29 bits per heavy atom. The highest BCUT2D eigenvalue weighted by Crippen LogP contribution is 2.30. The normalized spacial score (nSPS) is 15.1. The van der Waals surface area contributed by atoms with Crippen molar-refractivity contribution in [2.75, 3.05) is 31.1 Å². The lowest BCUT2D eigenvalue weighted by Gasteiger charge is -2.35. The zero-order valence-corrected chi connectivity index (χ0v) is 16.3. The van der Waals surface area contributed by atoms with Gasteiger partial charge in [-0.1, -0.05) is 5.16 Å². The van der Waals surface area contributed by atoms with Gasteiger partial charge in [0.25, 0.3) is 11.6 Å². The fraction of sp³-hybridized carbons (Fsp3) is 0.474. The number of aryl methyl sites for hydroxylation is 1. The number of carbonyl (C=O) groups excluding carboxylic acids is 1. The maximum absolute atomic E-state index is 12.2. The number of hydrogen-bond donors (Lipinski definition) is 1. The van der Waals surface area contributed by atoms with E-state index in [1.54, 1.807) is 12.1 Å². The number of amides is 1. The number of carbonyl (C=O) groups is 1. The van der Waals surface area contributed by atoms with Crippen LogP contribution in [0.4, 0.5) is 11.4 Å². The Bertz CT molecular complexity index is 856. The molecule has 1 aromatic heterocycles. The van der Waals surface area contributed by atoms with Gasteiger partial charge >= 0.3 is 0 Å². The van der Waals surface area contributed by atoms with E-state index in [-0.39, 0.29) is 17.6 Å². The standard InChI is InChI=1S/C19H25N5O4/c1-13(2)20-19(25)15-4-5-17(18(11-15)24(26)27)23-8-6-22(7-9-23)12-16-10-14(3)21-28-16/h4-5,10-11,13H,6-9,12H2,1-3H3,(H,20,25). The molecule has 0 radical (unpaired) electrons. The van der Waals surface area contributed by atoms with Crippen LogP contribution in [0.15, 0.2) is 28.8 Å². The summed E-state index contributed by atoms with van der Waals surface area (Å²) in [6.07, 6.45) is 0. The number of aromatic nitrogens is 1. The molecule has 0 spiro atoms. The SMILES string of the molecule is Cc1cc(CN2CCN(c3ccc(C(=O)NC(C)C)cc3[N+](=O)[O-])CC2)on1. The predicted molar refractivity (Wildman–Crippen MR) is 104 cm³/mol. The van der Waals surface area contributed by atoms with Gasteiger partial charge in [-0.05, 0) is 32.9 Å². The van der Waals surface area contributed by atoms with Crippen molar-refractivity contribution in [1.82, 2.24) is 15.4 Å². The number of rotatable bonds is 6. The zero-order chi connectivity index (χ0) is 20.3. The van der Waals surface area contributed by atoms with E-state index in [0.29, 0.717) is 30.9 Å². The van der Waals surface area contributed by atoms with Crippen molar-refractivity contribution in [3.05, 3.63) is 51.4 Å². The van der Waals surface area contributed by atoms with Crippen LogP contribution >= 0.6 is 0 Å². The van der Waals surface area contributed by atoms with Crippen molar-refractivity contribution in [2.45, 2.75) is 33.4 Å². The van der Waals surface area contributed by atoms with Gasteiger partial charge in [-0.15, -0.1) is 0 Å². The molecule has 1 amide bonds. The summed E-state index contributed by atoms with van der Waals surface area (Å²) in [6, 6.07) is 6.55. The Labute approximate surface area is 163 Å². The topological polar surface area (TPSA) is 105 Å². The van der Waals surface area contributed by atoms with E-state index >= 15 is 0 Å². The second-order valence-corrected chi connectivity index (χ2v) is 7.29. The second kappa shape index (κ2) is 8.39. The average molecular weight is 387 g/mol. The van der Waals surface area contributed by atoms with Gasteiger partial charge in [-0.3, -0.25) is 19.8 Å². The molecule has 1 aliphatic heterocycles. The molecule has 1 aliphatic rings. The molecule has 1 aromatic carbocycles. The van der Waals surface area contributed by atoms with E-state index in [9.17, 15) is 14.9 Å². The molecule has 28 heavy (non-hydrogen) atoms. The number of benzene rings is 1. The lowest BCUT2D eigenvalue weighted by molar-refractivity contribution is -0.384. The fourth-order valence-electron chi connectivity index (χ4n) is 3.28. The molecule has 1 saturated heterocycles. The third-order valence-corrected chi connectivity index (χ3v) is 4.62. The van der Waals surface area contributed by atoms with Gasteiger partial charge < -0.3 is 14.7 Å². The third-order valence-electron chi connectivity index (χ3n) is 4.62. The van der Waals surface area contributed by atoms with Crippen molar-refractivity contribution in [2.24, 2.45) is 0 Å². The number of anilines is 1. The molecule has 1 fully saturated rings. The molecule has 1 N–H and O–H groups in total. The van der Waals surface area contributed by atoms with E-state index in [0.717, 1.165) is 24.5 Å². The number of nitrogens with zero attached hydrogens (tertiary/aromatic N) is 4. The first kappa shape index (κ1) is 19.8. The third kappa shape index (κ3) is 4.66. The molecule has 0 aliphatic carbocycles. The molecule has 9 heteroatoms. The molecule has 2 aromatic rings. The summed E-state index contributed by atoms with van der Waals surface area (Å²) in [6.45, 7) is 9.08. The summed E-state index contributed by atoms with van der Waals surface area (Å²) in [5, 5.41) is 18.2. The van der Waals surface area contributed by atoms with Crippen molar-refractivity contribution in [3.8, 4) is 0 Å². The monoisotopic (exact) mass is 387 g/mol. The molecule has 2 heterocycles. The Balaban J connectivity index is 1.69. The van der Waals surface area contributed by atoms with Gasteiger partial charge in [-0.25, -0.2) is 0 Å². The van der Waals surface area contributed by atoms with Crippen LogP contribution in [0, 0.1) is 17.0 Å². The lowest BCUT2D eigenvalue weighted by atomic mass is 10.1. The highest BCUT2D eigenvalue weighted by atomic mass is 16.6. The van der Waals surface area contributed by atoms with E-state index in [1.165, 1.54) is 6.07 Å². The molecule has 150 valence electrons. The number of hydrogen-bond acceptors (Lipinski definition) is 7. The minimum atomic E-state index is -0.425. The lowest BCUT2D eigenvalue weighted by Crippen LogP contribution is -2.46. The van der Waals surface area contributed by atoms with Crippen LogP contribution in [0.25, 0.3) is 0 Å². The summed E-state index contributed by atoms with van der Waals surface area (Å²) >= 11 is 0. The van der Waals surface area contributed by atoms with Crippen LogP contribution in [0.2, 0.25) is 0 Å². The molecule has 3 rings (SSSR count). The van der Waals surface area contributed by atoms with Crippen molar-refractivity contribution < 1.29 is 14.2 Å². The van der Waals surface area contributed by atoms with Crippen LogP contribution in [0.3, 0.4) is 0 Å². The van der Waals surface area contributed by atoms with Crippen molar-refractivity contribution in [1.29, 1.82) is 0 Å². The van der Waals surface area contributed by atoms with Gasteiger partial charge in [0.2, 0.25) is 0 Å². The number of piperazine rings is 1. The van der Waals surface area contributed by atoms with Crippen LogP contribution < -0.4 is 10.2 Å². The summed E-state index contributed by atoms with van der Waals surface area (Å²) in [5.74, 6) is 0.509. The Morgan fingerprint density at radius 2 is 2.00 bits per heavy atom. The van der Waals surface area contributed by atoms with Crippen LogP contribution in [0.5, 0.6) is 0 Å². The molecule has 0 unspecified atom stereocenters. The summed E-state index contributed by atoms with van der Waals surface area (Å²) in [4.78, 5) is 27.5. The van der Waals surface area contributed by atoms with Crippen molar-refractivity contribution in [3.63, 3.8) is 0 Å².